The third-order valence-electron chi connectivity index (χ3n) is 6.41. The minimum Gasteiger partial charge on any atom is -0.487 e. The summed E-state index contributed by atoms with van der Waals surface area (Å²) in [4.78, 5) is 33.6. The first-order valence-corrected chi connectivity index (χ1v) is 11.9. The molecule has 2 amide bonds. The van der Waals surface area contributed by atoms with Gasteiger partial charge in [-0.1, -0.05) is 12.1 Å². The molecule has 1 aliphatic heterocycles. The molecule has 0 bridgehead atoms. The Kier molecular flexibility index (Phi) is 6.41. The fourth-order valence-corrected chi connectivity index (χ4v) is 4.28. The maximum atomic E-state index is 13.8. The van der Waals surface area contributed by atoms with Gasteiger partial charge in [-0.15, -0.1) is 0 Å². The first-order chi connectivity index (χ1) is 17.4. The van der Waals surface area contributed by atoms with E-state index in [1.807, 2.05) is 35.9 Å². The van der Waals surface area contributed by atoms with Crippen molar-refractivity contribution in [2.24, 2.45) is 0 Å². The molecule has 0 saturated carbocycles. The lowest BCUT2D eigenvalue weighted by molar-refractivity contribution is 0.0535. The van der Waals surface area contributed by atoms with Gasteiger partial charge in [0.05, 0.1) is 5.69 Å². The van der Waals surface area contributed by atoms with Crippen LogP contribution in [0.3, 0.4) is 0 Å². The van der Waals surface area contributed by atoms with Crippen LogP contribution in [-0.2, 0) is 6.61 Å². The van der Waals surface area contributed by atoms with Crippen molar-refractivity contribution < 1.29 is 18.7 Å². The van der Waals surface area contributed by atoms with Crippen LogP contribution in [0.15, 0.2) is 67.0 Å². The Hall–Kier alpha value is -4.20. The quantitative estimate of drug-likeness (QED) is 0.423. The highest BCUT2D eigenvalue weighted by Crippen LogP contribution is 2.18. The minimum atomic E-state index is -0.393. The second kappa shape index (κ2) is 9.81. The number of aromatic nitrogens is 2. The molecule has 5 rings (SSSR count). The third kappa shape index (κ3) is 4.93. The molecule has 2 aromatic carbocycles. The summed E-state index contributed by atoms with van der Waals surface area (Å²) in [5, 5.41) is 0. The maximum absolute atomic E-state index is 13.8. The molecule has 0 N–H and O–H groups in total. The SMILES string of the molecule is Cc1ccc2nc(COc3ccc(C(=O)N4CCN(C(=O)c5ccc(C)c(F)c5)CC4)cc3)cn2c1. The summed E-state index contributed by atoms with van der Waals surface area (Å²) in [6, 6.07) is 15.6. The van der Waals surface area contributed by atoms with E-state index < -0.39 is 5.82 Å². The number of amides is 2. The summed E-state index contributed by atoms with van der Waals surface area (Å²) in [5.74, 6) is -0.0509. The van der Waals surface area contributed by atoms with Crippen LogP contribution < -0.4 is 4.74 Å². The van der Waals surface area contributed by atoms with Crippen LogP contribution >= 0.6 is 0 Å². The summed E-state index contributed by atoms with van der Waals surface area (Å²) in [6.45, 7) is 5.67. The van der Waals surface area contributed by atoms with Crippen LogP contribution in [0.1, 0.15) is 37.5 Å². The van der Waals surface area contributed by atoms with Crippen molar-refractivity contribution in [2.45, 2.75) is 20.5 Å². The summed E-state index contributed by atoms with van der Waals surface area (Å²) in [5.41, 5.74) is 4.23. The molecule has 0 spiro atoms. The second-order valence-electron chi connectivity index (χ2n) is 9.07. The zero-order chi connectivity index (χ0) is 25.2. The zero-order valence-corrected chi connectivity index (χ0v) is 20.3. The van der Waals surface area contributed by atoms with Crippen molar-refractivity contribution in [3.63, 3.8) is 0 Å². The Morgan fingerprint density at radius 3 is 2.17 bits per heavy atom. The van der Waals surface area contributed by atoms with Crippen molar-refractivity contribution in [2.75, 3.05) is 26.2 Å². The van der Waals surface area contributed by atoms with E-state index >= 15 is 0 Å². The van der Waals surface area contributed by atoms with Crippen molar-refractivity contribution in [3.8, 4) is 5.75 Å². The first kappa shape index (κ1) is 23.5. The lowest BCUT2D eigenvalue weighted by Gasteiger charge is -2.35. The Morgan fingerprint density at radius 1 is 0.861 bits per heavy atom. The first-order valence-electron chi connectivity index (χ1n) is 11.9. The molecule has 0 unspecified atom stereocenters. The summed E-state index contributed by atoms with van der Waals surface area (Å²) >= 11 is 0. The number of carbonyl (C=O) groups excluding carboxylic acids is 2. The Labute approximate surface area is 208 Å². The van der Waals surface area contributed by atoms with Crippen molar-refractivity contribution in [1.82, 2.24) is 19.2 Å². The number of piperazine rings is 1. The number of ether oxygens (including phenoxy) is 1. The molecule has 0 radical (unpaired) electrons. The van der Waals surface area contributed by atoms with E-state index in [1.54, 1.807) is 53.1 Å². The van der Waals surface area contributed by atoms with Gasteiger partial charge in [-0.05, 0) is 67.4 Å². The number of benzene rings is 2. The lowest BCUT2D eigenvalue weighted by Crippen LogP contribution is -2.50. The average Bonchev–Trinajstić information content (AvgIpc) is 3.30. The molecule has 1 aliphatic rings. The van der Waals surface area contributed by atoms with Crippen molar-refractivity contribution >= 4 is 17.5 Å². The van der Waals surface area contributed by atoms with Crippen LogP contribution in [0.2, 0.25) is 0 Å². The standard InChI is InChI=1S/C28H27FN4O3/c1-19-3-10-26-30-23(17-33(26)16-19)18-36-24-8-6-21(7-9-24)27(34)31-11-13-32(14-12-31)28(35)22-5-4-20(2)25(29)15-22/h3-10,15-17H,11-14,18H2,1-2H3. The van der Waals surface area contributed by atoms with Gasteiger partial charge in [0.25, 0.3) is 11.8 Å². The Bertz CT molecular complexity index is 1420. The molecule has 1 fully saturated rings. The van der Waals surface area contributed by atoms with E-state index in [0.29, 0.717) is 55.2 Å². The van der Waals surface area contributed by atoms with Gasteiger partial charge in [0.15, 0.2) is 0 Å². The van der Waals surface area contributed by atoms with Crippen LogP contribution in [0.5, 0.6) is 5.75 Å². The van der Waals surface area contributed by atoms with E-state index in [1.165, 1.54) is 6.07 Å². The van der Waals surface area contributed by atoms with Gasteiger partial charge < -0.3 is 18.9 Å². The molecule has 7 nitrogen and oxygen atoms in total. The van der Waals surface area contributed by atoms with Crippen LogP contribution in [0.4, 0.5) is 4.39 Å². The lowest BCUT2D eigenvalue weighted by atomic mass is 10.1. The number of imidazole rings is 1. The van der Waals surface area contributed by atoms with Gasteiger partial charge in [0, 0.05) is 49.7 Å². The molecule has 3 heterocycles. The zero-order valence-electron chi connectivity index (χ0n) is 20.3. The second-order valence-corrected chi connectivity index (χ2v) is 9.07. The predicted molar refractivity (Wildman–Crippen MR) is 134 cm³/mol. The van der Waals surface area contributed by atoms with E-state index in [4.69, 9.17) is 4.74 Å². The molecule has 36 heavy (non-hydrogen) atoms. The molecule has 1 saturated heterocycles. The fraction of sp³-hybridized carbons (Fsp3) is 0.250. The van der Waals surface area contributed by atoms with Gasteiger partial charge >= 0.3 is 0 Å². The number of halogens is 1. The largest absolute Gasteiger partial charge is 0.487 e. The molecule has 0 aliphatic carbocycles. The number of carbonyl (C=O) groups is 2. The summed E-state index contributed by atoms with van der Waals surface area (Å²) in [6.07, 6.45) is 3.96. The van der Waals surface area contributed by atoms with Gasteiger partial charge in [-0.2, -0.15) is 0 Å². The highest BCUT2D eigenvalue weighted by Gasteiger charge is 2.26. The molecule has 184 valence electrons. The number of pyridine rings is 1. The molecule has 4 aromatic rings. The summed E-state index contributed by atoms with van der Waals surface area (Å²) < 4.78 is 21.7. The van der Waals surface area contributed by atoms with Crippen molar-refractivity contribution in [3.05, 3.63) is 101 Å². The minimum absolute atomic E-state index is 0.0919. The van der Waals surface area contributed by atoms with Gasteiger partial charge in [-0.3, -0.25) is 9.59 Å². The Morgan fingerprint density at radius 2 is 1.50 bits per heavy atom. The average molecular weight is 487 g/mol. The maximum Gasteiger partial charge on any atom is 0.254 e. The number of aryl methyl sites for hydroxylation is 2. The van der Waals surface area contributed by atoms with Crippen LogP contribution in [-0.4, -0.2) is 57.2 Å². The van der Waals surface area contributed by atoms with Crippen LogP contribution in [0, 0.1) is 19.7 Å². The van der Waals surface area contributed by atoms with E-state index in [2.05, 4.69) is 4.98 Å². The van der Waals surface area contributed by atoms with Crippen LogP contribution in [0.25, 0.3) is 5.65 Å². The number of hydrogen-bond donors (Lipinski definition) is 0. The fourth-order valence-electron chi connectivity index (χ4n) is 4.28. The third-order valence-corrected chi connectivity index (χ3v) is 6.41. The van der Waals surface area contributed by atoms with E-state index in [9.17, 15) is 14.0 Å². The molecule has 0 atom stereocenters. The number of hydrogen-bond acceptors (Lipinski definition) is 4. The molecular formula is C28H27FN4O3. The van der Waals surface area contributed by atoms with Gasteiger partial charge in [0.2, 0.25) is 0 Å². The Balaban J connectivity index is 1.15. The van der Waals surface area contributed by atoms with Crippen molar-refractivity contribution in [1.29, 1.82) is 0 Å². The number of nitrogens with zero attached hydrogens (tertiary/aromatic N) is 4. The number of fused-ring (bicyclic) bond motifs is 1. The van der Waals surface area contributed by atoms with Gasteiger partial charge in [0.1, 0.15) is 23.8 Å². The highest BCUT2D eigenvalue weighted by atomic mass is 19.1. The molecular weight excluding hydrogens is 459 g/mol. The van der Waals surface area contributed by atoms with E-state index in [-0.39, 0.29) is 11.8 Å². The number of rotatable bonds is 5. The highest BCUT2D eigenvalue weighted by molar-refractivity contribution is 5.96. The topological polar surface area (TPSA) is 67.2 Å². The smallest absolute Gasteiger partial charge is 0.254 e. The van der Waals surface area contributed by atoms with E-state index in [0.717, 1.165) is 16.9 Å². The normalized spacial score (nSPS) is 13.8. The predicted octanol–water partition coefficient (Wildman–Crippen LogP) is 4.27. The molecule has 2 aromatic heterocycles. The molecule has 8 heteroatoms. The monoisotopic (exact) mass is 486 g/mol. The van der Waals surface area contributed by atoms with Gasteiger partial charge in [-0.25, -0.2) is 9.37 Å². The summed E-state index contributed by atoms with van der Waals surface area (Å²) in [7, 11) is 0.